The summed E-state index contributed by atoms with van der Waals surface area (Å²) in [7, 11) is 1.87. The third kappa shape index (κ3) is 3.51. The standard InChI is InChI=1S/C14H18BrNOS/c1-16(9-11-3-2-4-12(15)7-11)13(17)8-14(10-18)5-6-14/h2-4,7,18H,5-6,8-10H2,1H3. The smallest absolute Gasteiger partial charge is 0.223 e. The molecule has 0 heterocycles. The van der Waals surface area contributed by atoms with E-state index in [-0.39, 0.29) is 11.3 Å². The van der Waals surface area contributed by atoms with Gasteiger partial charge < -0.3 is 4.90 Å². The Kier molecular flexibility index (Phi) is 4.38. The minimum absolute atomic E-state index is 0.200. The van der Waals surface area contributed by atoms with Crippen LogP contribution in [-0.4, -0.2) is 23.6 Å². The van der Waals surface area contributed by atoms with Gasteiger partial charge in [-0.05, 0) is 41.7 Å². The molecule has 1 aliphatic rings. The van der Waals surface area contributed by atoms with Gasteiger partial charge in [0.05, 0.1) is 0 Å². The first-order valence-electron chi connectivity index (χ1n) is 6.14. The van der Waals surface area contributed by atoms with Crippen molar-refractivity contribution in [3.8, 4) is 0 Å². The van der Waals surface area contributed by atoms with E-state index in [0.717, 1.165) is 28.6 Å². The van der Waals surface area contributed by atoms with Gasteiger partial charge in [-0.15, -0.1) is 0 Å². The number of carbonyl (C=O) groups excluding carboxylic acids is 1. The summed E-state index contributed by atoms with van der Waals surface area (Å²) >= 11 is 7.79. The fourth-order valence-electron chi connectivity index (χ4n) is 2.02. The SMILES string of the molecule is CN(Cc1cccc(Br)c1)C(=O)CC1(CS)CC1. The van der Waals surface area contributed by atoms with E-state index in [9.17, 15) is 4.79 Å². The van der Waals surface area contributed by atoms with E-state index in [1.807, 2.05) is 30.1 Å². The maximum atomic E-state index is 12.1. The molecule has 18 heavy (non-hydrogen) atoms. The molecule has 2 rings (SSSR count). The van der Waals surface area contributed by atoms with Gasteiger partial charge >= 0.3 is 0 Å². The summed E-state index contributed by atoms with van der Waals surface area (Å²) in [5.74, 6) is 1.05. The van der Waals surface area contributed by atoms with Gasteiger partial charge in [-0.3, -0.25) is 4.79 Å². The van der Waals surface area contributed by atoms with Crippen molar-refractivity contribution in [3.63, 3.8) is 0 Å². The summed E-state index contributed by atoms with van der Waals surface area (Å²) in [5, 5.41) is 0. The van der Waals surface area contributed by atoms with Crippen LogP contribution in [-0.2, 0) is 11.3 Å². The van der Waals surface area contributed by atoms with Crippen LogP contribution in [0.1, 0.15) is 24.8 Å². The minimum Gasteiger partial charge on any atom is -0.341 e. The van der Waals surface area contributed by atoms with Gasteiger partial charge in [0, 0.05) is 24.5 Å². The van der Waals surface area contributed by atoms with Crippen LogP contribution in [0.25, 0.3) is 0 Å². The summed E-state index contributed by atoms with van der Waals surface area (Å²) in [5.41, 5.74) is 1.35. The van der Waals surface area contributed by atoms with Crippen molar-refractivity contribution in [1.82, 2.24) is 4.90 Å². The lowest BCUT2D eigenvalue weighted by molar-refractivity contribution is -0.131. The quantitative estimate of drug-likeness (QED) is 0.820. The molecule has 1 saturated carbocycles. The highest BCUT2D eigenvalue weighted by Gasteiger charge is 2.43. The molecular formula is C14H18BrNOS. The van der Waals surface area contributed by atoms with Crippen molar-refractivity contribution in [1.29, 1.82) is 0 Å². The lowest BCUT2D eigenvalue weighted by atomic mass is 10.0. The third-order valence-electron chi connectivity index (χ3n) is 3.55. The molecule has 1 fully saturated rings. The molecule has 1 aromatic rings. The van der Waals surface area contributed by atoms with E-state index in [2.05, 4.69) is 34.6 Å². The van der Waals surface area contributed by atoms with Crippen molar-refractivity contribution >= 4 is 34.5 Å². The first-order valence-corrected chi connectivity index (χ1v) is 7.56. The van der Waals surface area contributed by atoms with Crippen molar-refractivity contribution in [2.45, 2.75) is 25.8 Å². The molecule has 0 unspecified atom stereocenters. The largest absolute Gasteiger partial charge is 0.341 e. The monoisotopic (exact) mass is 327 g/mol. The number of nitrogens with zero attached hydrogens (tertiary/aromatic N) is 1. The maximum Gasteiger partial charge on any atom is 0.223 e. The second kappa shape index (κ2) is 5.66. The Bertz CT molecular complexity index is 445. The molecule has 0 bridgehead atoms. The van der Waals surface area contributed by atoms with E-state index in [1.165, 1.54) is 0 Å². The Hall–Kier alpha value is -0.480. The van der Waals surface area contributed by atoms with Crippen molar-refractivity contribution < 1.29 is 4.79 Å². The molecule has 0 saturated heterocycles. The normalized spacial score (nSPS) is 16.4. The van der Waals surface area contributed by atoms with Gasteiger partial charge in [0.1, 0.15) is 0 Å². The molecule has 98 valence electrons. The van der Waals surface area contributed by atoms with Crippen molar-refractivity contribution in [3.05, 3.63) is 34.3 Å². The number of benzene rings is 1. The zero-order valence-electron chi connectivity index (χ0n) is 10.5. The number of hydrogen-bond acceptors (Lipinski definition) is 2. The van der Waals surface area contributed by atoms with Crippen LogP contribution in [0, 0.1) is 5.41 Å². The topological polar surface area (TPSA) is 20.3 Å². The summed E-state index contributed by atoms with van der Waals surface area (Å²) < 4.78 is 1.05. The van der Waals surface area contributed by atoms with Crippen LogP contribution in [0.5, 0.6) is 0 Å². The van der Waals surface area contributed by atoms with Crippen LogP contribution >= 0.6 is 28.6 Å². The first-order chi connectivity index (χ1) is 8.54. The second-order valence-corrected chi connectivity index (χ2v) is 6.45. The Labute approximate surface area is 122 Å². The lowest BCUT2D eigenvalue weighted by Crippen LogP contribution is -2.28. The molecular weight excluding hydrogens is 310 g/mol. The Balaban J connectivity index is 1.91. The zero-order valence-corrected chi connectivity index (χ0v) is 13.0. The molecule has 0 aliphatic heterocycles. The third-order valence-corrected chi connectivity index (χ3v) is 4.72. The number of halogens is 1. The van der Waals surface area contributed by atoms with E-state index in [1.54, 1.807) is 0 Å². The number of thiol groups is 1. The molecule has 1 amide bonds. The summed E-state index contributed by atoms with van der Waals surface area (Å²) in [6.07, 6.45) is 2.93. The molecule has 0 radical (unpaired) electrons. The Morgan fingerprint density at radius 1 is 1.50 bits per heavy atom. The van der Waals surface area contributed by atoms with Gasteiger partial charge in [-0.1, -0.05) is 28.1 Å². The average molecular weight is 328 g/mol. The van der Waals surface area contributed by atoms with E-state index < -0.39 is 0 Å². The van der Waals surface area contributed by atoms with Crippen LogP contribution in [0.4, 0.5) is 0 Å². The fraction of sp³-hybridized carbons (Fsp3) is 0.500. The molecule has 0 spiro atoms. The lowest BCUT2D eigenvalue weighted by Gasteiger charge is -2.20. The molecule has 0 aromatic heterocycles. The van der Waals surface area contributed by atoms with Crippen LogP contribution in [0.15, 0.2) is 28.7 Å². The molecule has 1 aliphatic carbocycles. The minimum atomic E-state index is 0.200. The number of hydrogen-bond donors (Lipinski definition) is 1. The molecule has 1 aromatic carbocycles. The van der Waals surface area contributed by atoms with Gasteiger partial charge in [0.2, 0.25) is 5.91 Å². The highest BCUT2D eigenvalue weighted by atomic mass is 79.9. The van der Waals surface area contributed by atoms with Crippen molar-refractivity contribution in [2.24, 2.45) is 5.41 Å². The van der Waals surface area contributed by atoms with Crippen LogP contribution < -0.4 is 0 Å². The first kappa shape index (κ1) is 13.9. The van der Waals surface area contributed by atoms with Gasteiger partial charge in [-0.25, -0.2) is 0 Å². The van der Waals surface area contributed by atoms with Crippen molar-refractivity contribution in [2.75, 3.05) is 12.8 Å². The predicted octanol–water partition coefficient (Wildman–Crippen LogP) is 3.51. The average Bonchev–Trinajstić information content (AvgIpc) is 3.09. The number of rotatable bonds is 5. The van der Waals surface area contributed by atoms with Gasteiger partial charge in [0.25, 0.3) is 0 Å². The summed E-state index contributed by atoms with van der Waals surface area (Å²) in [4.78, 5) is 13.9. The zero-order chi connectivity index (χ0) is 13.2. The van der Waals surface area contributed by atoms with E-state index in [0.29, 0.717) is 13.0 Å². The van der Waals surface area contributed by atoms with Gasteiger partial charge in [-0.2, -0.15) is 12.6 Å². The molecule has 0 atom stereocenters. The predicted molar refractivity (Wildman–Crippen MR) is 80.8 cm³/mol. The maximum absolute atomic E-state index is 12.1. The molecule has 2 nitrogen and oxygen atoms in total. The fourth-order valence-corrected chi connectivity index (χ4v) is 2.90. The Morgan fingerprint density at radius 2 is 2.22 bits per heavy atom. The molecule has 0 N–H and O–H groups in total. The van der Waals surface area contributed by atoms with Crippen LogP contribution in [0.2, 0.25) is 0 Å². The van der Waals surface area contributed by atoms with E-state index >= 15 is 0 Å². The Morgan fingerprint density at radius 3 is 2.78 bits per heavy atom. The second-order valence-electron chi connectivity index (χ2n) is 5.21. The van der Waals surface area contributed by atoms with Gasteiger partial charge in [0.15, 0.2) is 0 Å². The molecule has 4 heteroatoms. The highest BCUT2D eigenvalue weighted by molar-refractivity contribution is 9.10. The summed E-state index contributed by atoms with van der Waals surface area (Å²) in [6.45, 7) is 0.668. The van der Waals surface area contributed by atoms with Crippen LogP contribution in [0.3, 0.4) is 0 Å². The van der Waals surface area contributed by atoms with E-state index in [4.69, 9.17) is 0 Å². The number of amides is 1. The number of carbonyl (C=O) groups is 1. The summed E-state index contributed by atoms with van der Waals surface area (Å²) in [6, 6.07) is 8.08. The highest BCUT2D eigenvalue weighted by Crippen LogP contribution is 2.49.